The molecule has 0 unspecified atom stereocenters. The summed E-state index contributed by atoms with van der Waals surface area (Å²) in [5.41, 5.74) is 1.43. The molecule has 1 aliphatic rings. The van der Waals surface area contributed by atoms with Crippen molar-refractivity contribution >= 4 is 27.7 Å². The van der Waals surface area contributed by atoms with Gasteiger partial charge in [0.05, 0.1) is 0 Å². The third-order valence-electron chi connectivity index (χ3n) is 3.43. The molecule has 0 aromatic heterocycles. The van der Waals surface area contributed by atoms with Crippen LogP contribution in [0.1, 0.15) is 31.2 Å². The Bertz CT molecular complexity index is 331. The maximum Gasteiger partial charge on any atom is 0.0185 e. The van der Waals surface area contributed by atoms with Gasteiger partial charge in [-0.15, -0.1) is 0 Å². The second kappa shape index (κ2) is 8.23. The zero-order valence-electron chi connectivity index (χ0n) is 10.9. The van der Waals surface area contributed by atoms with Gasteiger partial charge >= 0.3 is 0 Å². The third-order valence-corrected chi connectivity index (χ3v) is 4.97. The first-order valence-corrected chi connectivity index (χ1v) is 8.84. The van der Waals surface area contributed by atoms with Gasteiger partial charge in [0.2, 0.25) is 0 Å². The summed E-state index contributed by atoms with van der Waals surface area (Å²) in [5, 5.41) is 0. The fraction of sp³-hybridized carbons (Fsp3) is 0.600. The highest BCUT2D eigenvalue weighted by Crippen LogP contribution is 2.16. The molecule has 1 saturated heterocycles. The van der Waals surface area contributed by atoms with Crippen LogP contribution in [-0.4, -0.2) is 30.3 Å². The quantitative estimate of drug-likeness (QED) is 0.729. The van der Waals surface area contributed by atoms with Gasteiger partial charge < -0.3 is 4.90 Å². The molecule has 2 rings (SSSR count). The summed E-state index contributed by atoms with van der Waals surface area (Å²) >= 11 is 5.53. The Labute approximate surface area is 123 Å². The molecule has 1 fully saturated rings. The van der Waals surface area contributed by atoms with E-state index in [0.29, 0.717) is 0 Å². The van der Waals surface area contributed by atoms with Gasteiger partial charge in [0, 0.05) is 22.5 Å². The third kappa shape index (κ3) is 5.33. The molecule has 0 spiro atoms. The lowest BCUT2D eigenvalue weighted by Crippen LogP contribution is -2.27. The summed E-state index contributed by atoms with van der Waals surface area (Å²) in [6.45, 7) is 3.90. The van der Waals surface area contributed by atoms with E-state index in [0.717, 1.165) is 5.75 Å². The van der Waals surface area contributed by atoms with Crippen molar-refractivity contribution in [1.82, 2.24) is 4.90 Å². The van der Waals surface area contributed by atoms with Gasteiger partial charge in [0.1, 0.15) is 0 Å². The van der Waals surface area contributed by atoms with Crippen molar-refractivity contribution in [1.29, 1.82) is 0 Å². The van der Waals surface area contributed by atoms with E-state index >= 15 is 0 Å². The topological polar surface area (TPSA) is 3.24 Å². The number of benzene rings is 1. The van der Waals surface area contributed by atoms with E-state index in [1.807, 2.05) is 0 Å². The molecule has 3 heteroatoms. The molecule has 0 bridgehead atoms. The predicted molar refractivity (Wildman–Crippen MR) is 85.2 cm³/mol. The molecule has 0 N–H and O–H groups in total. The first kappa shape index (κ1) is 14.4. The average Bonchev–Trinajstić information content (AvgIpc) is 2.65. The highest BCUT2D eigenvalue weighted by Gasteiger charge is 2.07. The van der Waals surface area contributed by atoms with E-state index in [-0.39, 0.29) is 0 Å². The predicted octanol–water partition coefficient (Wildman–Crippen LogP) is 4.56. The minimum absolute atomic E-state index is 1.14. The van der Waals surface area contributed by atoms with Crippen molar-refractivity contribution in [2.75, 3.05) is 25.4 Å². The van der Waals surface area contributed by atoms with Crippen LogP contribution < -0.4 is 0 Å². The summed E-state index contributed by atoms with van der Waals surface area (Å²) in [5.74, 6) is 2.40. The van der Waals surface area contributed by atoms with Gasteiger partial charge in [-0.2, -0.15) is 11.8 Å². The van der Waals surface area contributed by atoms with Crippen LogP contribution in [0.2, 0.25) is 0 Å². The van der Waals surface area contributed by atoms with Crippen molar-refractivity contribution < 1.29 is 0 Å². The highest BCUT2D eigenvalue weighted by molar-refractivity contribution is 9.10. The van der Waals surface area contributed by atoms with Crippen LogP contribution in [-0.2, 0) is 5.75 Å². The Hall–Kier alpha value is 0.01000. The van der Waals surface area contributed by atoms with E-state index in [9.17, 15) is 0 Å². The van der Waals surface area contributed by atoms with Gasteiger partial charge in [-0.05, 0) is 43.6 Å². The number of halogens is 1. The summed E-state index contributed by atoms with van der Waals surface area (Å²) in [6.07, 6.45) is 5.67. The zero-order chi connectivity index (χ0) is 12.6. The van der Waals surface area contributed by atoms with Gasteiger partial charge in [0.15, 0.2) is 0 Å². The van der Waals surface area contributed by atoms with Gasteiger partial charge in [-0.3, -0.25) is 0 Å². The molecular weight excluding hydrogens is 306 g/mol. The Kier molecular flexibility index (Phi) is 6.60. The largest absolute Gasteiger partial charge is 0.303 e. The van der Waals surface area contributed by atoms with Gasteiger partial charge in [0.25, 0.3) is 0 Å². The molecule has 0 amide bonds. The van der Waals surface area contributed by atoms with Gasteiger partial charge in [-0.1, -0.05) is 40.9 Å². The maximum atomic E-state index is 3.47. The number of likely N-dealkylation sites (tertiary alicyclic amines) is 1. The van der Waals surface area contributed by atoms with E-state index < -0.39 is 0 Å². The van der Waals surface area contributed by atoms with Gasteiger partial charge in [-0.25, -0.2) is 0 Å². The second-order valence-corrected chi connectivity index (χ2v) is 6.96. The highest BCUT2D eigenvalue weighted by atomic mass is 79.9. The minimum Gasteiger partial charge on any atom is -0.303 e. The SMILES string of the molecule is Brc1ccc(CSCCN2CCCCCC2)cc1. The number of rotatable bonds is 5. The first-order chi connectivity index (χ1) is 8.84. The van der Waals surface area contributed by atoms with E-state index in [1.54, 1.807) is 0 Å². The number of hydrogen-bond acceptors (Lipinski definition) is 2. The molecule has 1 aliphatic heterocycles. The fourth-order valence-electron chi connectivity index (χ4n) is 2.32. The Balaban J connectivity index is 1.61. The average molecular weight is 328 g/mol. The monoisotopic (exact) mass is 327 g/mol. The smallest absolute Gasteiger partial charge is 0.0185 e. The zero-order valence-corrected chi connectivity index (χ0v) is 13.3. The van der Waals surface area contributed by atoms with Crippen LogP contribution >= 0.6 is 27.7 Å². The van der Waals surface area contributed by atoms with Crippen molar-refractivity contribution in [3.8, 4) is 0 Å². The van der Waals surface area contributed by atoms with Crippen LogP contribution in [0, 0.1) is 0 Å². The molecule has 0 saturated carbocycles. The lowest BCUT2D eigenvalue weighted by Gasteiger charge is -2.19. The van der Waals surface area contributed by atoms with Crippen LogP contribution in [0.25, 0.3) is 0 Å². The fourth-order valence-corrected chi connectivity index (χ4v) is 3.55. The Morgan fingerprint density at radius 3 is 2.33 bits per heavy atom. The molecule has 18 heavy (non-hydrogen) atoms. The summed E-state index contributed by atoms with van der Waals surface area (Å²) in [7, 11) is 0. The molecule has 1 heterocycles. The minimum atomic E-state index is 1.14. The number of nitrogens with zero attached hydrogens (tertiary/aromatic N) is 1. The Morgan fingerprint density at radius 1 is 1.00 bits per heavy atom. The molecule has 0 radical (unpaired) electrons. The summed E-state index contributed by atoms with van der Waals surface area (Å²) < 4.78 is 1.17. The standard InChI is InChI=1S/C15H22BrNS/c16-15-7-5-14(6-8-15)13-18-12-11-17-9-3-1-2-4-10-17/h5-8H,1-4,9-13H2. The molecule has 1 nitrogen and oxygen atoms in total. The van der Waals surface area contributed by atoms with Crippen molar-refractivity contribution in [3.05, 3.63) is 34.3 Å². The Morgan fingerprint density at radius 2 is 1.67 bits per heavy atom. The molecule has 0 aliphatic carbocycles. The van der Waals surface area contributed by atoms with Crippen LogP contribution in [0.15, 0.2) is 28.7 Å². The maximum absolute atomic E-state index is 3.47. The van der Waals surface area contributed by atoms with E-state index in [4.69, 9.17) is 0 Å². The van der Waals surface area contributed by atoms with E-state index in [2.05, 4.69) is 56.9 Å². The second-order valence-electron chi connectivity index (χ2n) is 4.93. The van der Waals surface area contributed by atoms with Crippen molar-refractivity contribution in [3.63, 3.8) is 0 Å². The number of hydrogen-bond donors (Lipinski definition) is 0. The normalized spacial score (nSPS) is 17.6. The van der Waals surface area contributed by atoms with Crippen LogP contribution in [0.3, 0.4) is 0 Å². The van der Waals surface area contributed by atoms with E-state index in [1.165, 1.54) is 61.1 Å². The molecule has 0 atom stereocenters. The number of thioether (sulfide) groups is 1. The van der Waals surface area contributed by atoms with Crippen molar-refractivity contribution in [2.45, 2.75) is 31.4 Å². The lowest BCUT2D eigenvalue weighted by molar-refractivity contribution is 0.303. The molecular formula is C15H22BrNS. The lowest BCUT2D eigenvalue weighted by atomic mass is 10.2. The summed E-state index contributed by atoms with van der Waals surface area (Å²) in [6, 6.07) is 8.68. The molecule has 1 aromatic rings. The summed E-state index contributed by atoms with van der Waals surface area (Å²) in [4.78, 5) is 2.64. The van der Waals surface area contributed by atoms with Crippen molar-refractivity contribution in [2.24, 2.45) is 0 Å². The van der Waals surface area contributed by atoms with Crippen LogP contribution in [0.5, 0.6) is 0 Å². The molecule has 100 valence electrons. The van der Waals surface area contributed by atoms with Crippen LogP contribution in [0.4, 0.5) is 0 Å². The molecule has 1 aromatic carbocycles. The first-order valence-electron chi connectivity index (χ1n) is 6.89.